The lowest BCUT2D eigenvalue weighted by Crippen LogP contribution is -2.55. The lowest BCUT2D eigenvalue weighted by molar-refractivity contribution is -0.133. The monoisotopic (exact) mass is 268 g/mol. The molecular weight excluding hydrogens is 236 g/mol. The number of rotatable bonds is 2. The zero-order valence-corrected chi connectivity index (χ0v) is 13.4. The fourth-order valence-electron chi connectivity index (χ4n) is 4.31. The summed E-state index contributed by atoms with van der Waals surface area (Å²) >= 11 is 0. The van der Waals surface area contributed by atoms with Gasteiger partial charge < -0.3 is 10.5 Å². The Kier molecular flexibility index (Phi) is 4.59. The maximum absolute atomic E-state index is 6.42. The first-order chi connectivity index (χ1) is 8.77. The van der Waals surface area contributed by atoms with E-state index in [0.717, 1.165) is 31.5 Å². The van der Waals surface area contributed by atoms with Crippen molar-refractivity contribution in [3.8, 4) is 0 Å². The first-order valence-corrected chi connectivity index (χ1v) is 7.92. The number of ether oxygens (including phenoxy) is 1. The third-order valence-corrected chi connectivity index (χ3v) is 4.84. The van der Waals surface area contributed by atoms with Crippen LogP contribution in [0.5, 0.6) is 0 Å². The van der Waals surface area contributed by atoms with Gasteiger partial charge in [-0.15, -0.1) is 0 Å². The lowest BCUT2D eigenvalue weighted by atomic mass is 9.72. The topological polar surface area (TPSA) is 38.5 Å². The summed E-state index contributed by atoms with van der Waals surface area (Å²) in [7, 11) is 0. The van der Waals surface area contributed by atoms with Crippen molar-refractivity contribution in [3.63, 3.8) is 0 Å². The SMILES string of the molecule is CC1CC(C)C(CN2CC(C)OC(C)(C)C2)C(N)C1. The Hall–Kier alpha value is -0.120. The predicted octanol–water partition coefficient (Wildman–Crippen LogP) is 2.50. The summed E-state index contributed by atoms with van der Waals surface area (Å²) in [6, 6.07) is 0.375. The summed E-state index contributed by atoms with van der Waals surface area (Å²) in [5.41, 5.74) is 6.40. The second-order valence-electron chi connectivity index (χ2n) is 7.76. The highest BCUT2D eigenvalue weighted by Crippen LogP contribution is 2.34. The second-order valence-corrected chi connectivity index (χ2v) is 7.76. The molecule has 1 aliphatic carbocycles. The molecule has 1 saturated carbocycles. The van der Waals surface area contributed by atoms with Crippen LogP contribution >= 0.6 is 0 Å². The summed E-state index contributed by atoms with van der Waals surface area (Å²) in [5.74, 6) is 2.19. The van der Waals surface area contributed by atoms with E-state index in [9.17, 15) is 0 Å². The molecule has 0 aromatic rings. The normalized spacial score (nSPS) is 44.2. The molecule has 1 saturated heterocycles. The molecule has 0 amide bonds. The molecule has 2 N–H and O–H groups in total. The van der Waals surface area contributed by atoms with Gasteiger partial charge >= 0.3 is 0 Å². The number of nitrogens with two attached hydrogens (primary N) is 1. The van der Waals surface area contributed by atoms with E-state index in [4.69, 9.17) is 10.5 Å². The average Bonchev–Trinajstić information content (AvgIpc) is 2.20. The molecule has 2 rings (SSSR count). The Morgan fingerprint density at radius 3 is 2.47 bits per heavy atom. The molecule has 0 aromatic carbocycles. The van der Waals surface area contributed by atoms with E-state index in [1.165, 1.54) is 12.8 Å². The molecule has 0 bridgehead atoms. The van der Waals surface area contributed by atoms with Crippen molar-refractivity contribution in [1.82, 2.24) is 4.90 Å². The second kappa shape index (κ2) is 5.71. The van der Waals surface area contributed by atoms with Crippen LogP contribution < -0.4 is 5.73 Å². The molecule has 3 nitrogen and oxygen atoms in total. The summed E-state index contributed by atoms with van der Waals surface area (Å²) in [6.45, 7) is 14.5. The molecule has 3 heteroatoms. The van der Waals surface area contributed by atoms with Crippen molar-refractivity contribution in [3.05, 3.63) is 0 Å². The average molecular weight is 268 g/mol. The van der Waals surface area contributed by atoms with Crippen LogP contribution in [-0.2, 0) is 4.74 Å². The first kappa shape index (κ1) is 15.3. The van der Waals surface area contributed by atoms with Crippen LogP contribution in [0.4, 0.5) is 0 Å². The molecule has 112 valence electrons. The minimum atomic E-state index is -0.0209. The number of hydrogen-bond acceptors (Lipinski definition) is 3. The minimum absolute atomic E-state index is 0.0209. The van der Waals surface area contributed by atoms with Gasteiger partial charge in [-0.25, -0.2) is 0 Å². The summed E-state index contributed by atoms with van der Waals surface area (Å²) in [6.07, 6.45) is 2.86. The highest BCUT2D eigenvalue weighted by molar-refractivity contribution is 4.90. The van der Waals surface area contributed by atoms with E-state index in [1.807, 2.05) is 0 Å². The van der Waals surface area contributed by atoms with Crippen LogP contribution in [0.2, 0.25) is 0 Å². The van der Waals surface area contributed by atoms with Crippen LogP contribution in [0.1, 0.15) is 47.5 Å². The van der Waals surface area contributed by atoms with Crippen molar-refractivity contribution < 1.29 is 4.74 Å². The van der Waals surface area contributed by atoms with Gasteiger partial charge in [0.15, 0.2) is 0 Å². The van der Waals surface area contributed by atoms with Gasteiger partial charge in [-0.2, -0.15) is 0 Å². The largest absolute Gasteiger partial charge is 0.370 e. The maximum atomic E-state index is 6.42. The fourth-order valence-corrected chi connectivity index (χ4v) is 4.31. The van der Waals surface area contributed by atoms with Crippen LogP contribution in [-0.4, -0.2) is 42.3 Å². The molecular formula is C16H32N2O. The van der Waals surface area contributed by atoms with E-state index >= 15 is 0 Å². The number of hydrogen-bond donors (Lipinski definition) is 1. The smallest absolute Gasteiger partial charge is 0.0757 e. The van der Waals surface area contributed by atoms with E-state index in [2.05, 4.69) is 39.5 Å². The van der Waals surface area contributed by atoms with Gasteiger partial charge in [0.2, 0.25) is 0 Å². The standard InChI is InChI=1S/C16H32N2O/c1-11-6-12(2)14(15(17)7-11)9-18-8-13(3)19-16(4,5)10-18/h11-15H,6-10,17H2,1-5H3. The van der Waals surface area contributed by atoms with E-state index in [-0.39, 0.29) is 5.60 Å². The van der Waals surface area contributed by atoms with Crippen LogP contribution in [0.15, 0.2) is 0 Å². The summed E-state index contributed by atoms with van der Waals surface area (Å²) in [5, 5.41) is 0. The quantitative estimate of drug-likeness (QED) is 0.836. The molecule has 0 spiro atoms. The van der Waals surface area contributed by atoms with Gasteiger partial charge in [0.1, 0.15) is 0 Å². The third-order valence-electron chi connectivity index (χ3n) is 4.84. The lowest BCUT2D eigenvalue weighted by Gasteiger charge is -2.46. The molecule has 2 aliphatic rings. The Bertz CT molecular complexity index is 293. The molecule has 5 unspecified atom stereocenters. The van der Waals surface area contributed by atoms with E-state index in [0.29, 0.717) is 18.1 Å². The van der Waals surface area contributed by atoms with Crippen LogP contribution in [0.25, 0.3) is 0 Å². The van der Waals surface area contributed by atoms with E-state index < -0.39 is 0 Å². The maximum Gasteiger partial charge on any atom is 0.0757 e. The highest BCUT2D eigenvalue weighted by atomic mass is 16.5. The van der Waals surface area contributed by atoms with Crippen molar-refractivity contribution in [2.75, 3.05) is 19.6 Å². The van der Waals surface area contributed by atoms with Gasteiger partial charge in [-0.1, -0.05) is 13.8 Å². The molecule has 2 fully saturated rings. The van der Waals surface area contributed by atoms with Crippen molar-refractivity contribution in [1.29, 1.82) is 0 Å². The molecule has 0 aromatic heterocycles. The van der Waals surface area contributed by atoms with E-state index in [1.54, 1.807) is 0 Å². The Morgan fingerprint density at radius 2 is 1.89 bits per heavy atom. The van der Waals surface area contributed by atoms with Crippen molar-refractivity contribution >= 4 is 0 Å². The fraction of sp³-hybridized carbons (Fsp3) is 1.00. The highest BCUT2D eigenvalue weighted by Gasteiger charge is 2.36. The number of nitrogens with zero attached hydrogens (tertiary/aromatic N) is 1. The molecule has 1 aliphatic heterocycles. The Balaban J connectivity index is 1.96. The predicted molar refractivity (Wildman–Crippen MR) is 80.1 cm³/mol. The molecule has 0 radical (unpaired) electrons. The summed E-state index contributed by atoms with van der Waals surface area (Å²) in [4.78, 5) is 2.57. The zero-order valence-electron chi connectivity index (χ0n) is 13.4. The van der Waals surface area contributed by atoms with Crippen molar-refractivity contribution in [2.24, 2.45) is 23.5 Å². The van der Waals surface area contributed by atoms with Gasteiger partial charge in [-0.05, 0) is 51.4 Å². The Labute approximate surface area is 118 Å². The van der Waals surface area contributed by atoms with Gasteiger partial charge in [-0.3, -0.25) is 4.90 Å². The molecule has 19 heavy (non-hydrogen) atoms. The molecule has 5 atom stereocenters. The first-order valence-electron chi connectivity index (χ1n) is 7.92. The Morgan fingerprint density at radius 1 is 1.21 bits per heavy atom. The van der Waals surface area contributed by atoms with Gasteiger partial charge in [0, 0.05) is 25.7 Å². The number of morpholine rings is 1. The molecule has 1 heterocycles. The third kappa shape index (κ3) is 3.93. The van der Waals surface area contributed by atoms with Crippen LogP contribution in [0, 0.1) is 17.8 Å². The van der Waals surface area contributed by atoms with Crippen LogP contribution in [0.3, 0.4) is 0 Å². The van der Waals surface area contributed by atoms with Gasteiger partial charge in [0.05, 0.1) is 11.7 Å². The zero-order chi connectivity index (χ0) is 14.2. The van der Waals surface area contributed by atoms with Gasteiger partial charge in [0.25, 0.3) is 0 Å². The summed E-state index contributed by atoms with van der Waals surface area (Å²) < 4.78 is 5.99. The van der Waals surface area contributed by atoms with Crippen molar-refractivity contribution in [2.45, 2.75) is 65.2 Å². The minimum Gasteiger partial charge on any atom is -0.370 e.